The summed E-state index contributed by atoms with van der Waals surface area (Å²) in [4.78, 5) is 17.5. The van der Waals surface area contributed by atoms with Crippen molar-refractivity contribution in [1.82, 2.24) is 4.98 Å². The summed E-state index contributed by atoms with van der Waals surface area (Å²) < 4.78 is 13.5. The van der Waals surface area contributed by atoms with E-state index in [0.717, 1.165) is 27.7 Å². The second kappa shape index (κ2) is 6.24. The van der Waals surface area contributed by atoms with Gasteiger partial charge in [0.2, 0.25) is 5.91 Å². The average Bonchev–Trinajstić information content (AvgIpc) is 2.90. The van der Waals surface area contributed by atoms with Gasteiger partial charge in [-0.05, 0) is 55.3 Å². The van der Waals surface area contributed by atoms with Crippen molar-refractivity contribution in [3.63, 3.8) is 0 Å². The summed E-state index contributed by atoms with van der Waals surface area (Å²) in [7, 11) is 0. The fourth-order valence-electron chi connectivity index (χ4n) is 2.85. The third-order valence-electron chi connectivity index (χ3n) is 4.00. The van der Waals surface area contributed by atoms with Crippen molar-refractivity contribution in [1.29, 1.82) is 0 Å². The molecule has 0 unspecified atom stereocenters. The Hall–Kier alpha value is -2.62. The number of aryl methyl sites for hydroxylation is 1. The van der Waals surface area contributed by atoms with Crippen LogP contribution in [0, 0.1) is 12.7 Å². The van der Waals surface area contributed by atoms with E-state index in [2.05, 4.69) is 4.98 Å². The summed E-state index contributed by atoms with van der Waals surface area (Å²) >= 11 is 0. The van der Waals surface area contributed by atoms with Gasteiger partial charge in [0.25, 0.3) is 0 Å². The molecule has 0 bridgehead atoms. The molecule has 0 radical (unpaired) electrons. The van der Waals surface area contributed by atoms with E-state index in [1.54, 1.807) is 17.2 Å². The van der Waals surface area contributed by atoms with Crippen LogP contribution in [-0.2, 0) is 11.2 Å². The van der Waals surface area contributed by atoms with Gasteiger partial charge in [-0.15, -0.1) is 0 Å². The lowest BCUT2D eigenvalue weighted by molar-refractivity contribution is -0.117. The third-order valence-corrected chi connectivity index (χ3v) is 4.00. The van der Waals surface area contributed by atoms with Crippen LogP contribution in [0.2, 0.25) is 0 Å². The highest BCUT2D eigenvalue weighted by molar-refractivity contribution is 5.97. The molecule has 1 N–H and O–H groups in total. The number of halogens is 1. The molecule has 0 atom stereocenters. The molecule has 2 aromatic carbocycles. The van der Waals surface area contributed by atoms with Gasteiger partial charge in [0.15, 0.2) is 0 Å². The van der Waals surface area contributed by atoms with Gasteiger partial charge >= 0.3 is 0 Å². The number of likely N-dealkylation sites (N-methyl/N-ethyl adjacent to an activating group) is 1. The van der Waals surface area contributed by atoms with Crippen LogP contribution in [0.3, 0.4) is 0 Å². The SMILES string of the molecule is CCN(C(=O)Cc1c[nH]c2ccc(F)cc12)c1cccc(C)c1. The molecule has 1 heterocycles. The van der Waals surface area contributed by atoms with Gasteiger partial charge < -0.3 is 9.88 Å². The highest BCUT2D eigenvalue weighted by Crippen LogP contribution is 2.22. The van der Waals surface area contributed by atoms with Crippen LogP contribution < -0.4 is 4.90 Å². The first kappa shape index (κ1) is 15.3. The molecule has 118 valence electrons. The molecule has 0 aliphatic rings. The van der Waals surface area contributed by atoms with Gasteiger partial charge in [0.1, 0.15) is 5.82 Å². The predicted molar refractivity (Wildman–Crippen MR) is 91.2 cm³/mol. The van der Waals surface area contributed by atoms with Crippen molar-refractivity contribution in [3.05, 3.63) is 65.6 Å². The summed E-state index contributed by atoms with van der Waals surface area (Å²) in [5.74, 6) is -0.292. The number of H-pyrrole nitrogens is 1. The Morgan fingerprint density at radius 1 is 1.22 bits per heavy atom. The van der Waals surface area contributed by atoms with E-state index in [1.165, 1.54) is 12.1 Å². The number of hydrogen-bond acceptors (Lipinski definition) is 1. The quantitative estimate of drug-likeness (QED) is 0.770. The number of benzene rings is 2. The van der Waals surface area contributed by atoms with E-state index >= 15 is 0 Å². The first-order valence-electron chi connectivity index (χ1n) is 7.71. The Bertz CT molecular complexity index is 853. The Labute approximate surface area is 134 Å². The van der Waals surface area contributed by atoms with Crippen LogP contribution in [-0.4, -0.2) is 17.4 Å². The van der Waals surface area contributed by atoms with Gasteiger partial charge in [0.05, 0.1) is 6.42 Å². The second-order valence-corrected chi connectivity index (χ2v) is 5.66. The maximum Gasteiger partial charge on any atom is 0.231 e. The summed E-state index contributed by atoms with van der Waals surface area (Å²) in [6.07, 6.45) is 2.03. The molecule has 1 amide bonds. The Morgan fingerprint density at radius 2 is 2.04 bits per heavy atom. The molecule has 4 heteroatoms. The fourth-order valence-corrected chi connectivity index (χ4v) is 2.85. The van der Waals surface area contributed by atoms with Crippen LogP contribution in [0.15, 0.2) is 48.7 Å². The Morgan fingerprint density at radius 3 is 2.78 bits per heavy atom. The topological polar surface area (TPSA) is 36.1 Å². The number of anilines is 1. The maximum atomic E-state index is 13.5. The van der Waals surface area contributed by atoms with Gasteiger partial charge in [-0.1, -0.05) is 12.1 Å². The number of fused-ring (bicyclic) bond motifs is 1. The van der Waals surface area contributed by atoms with Crippen molar-refractivity contribution < 1.29 is 9.18 Å². The van der Waals surface area contributed by atoms with E-state index in [9.17, 15) is 9.18 Å². The molecule has 0 spiro atoms. The zero-order chi connectivity index (χ0) is 16.4. The summed E-state index contributed by atoms with van der Waals surface area (Å²) in [6.45, 7) is 4.55. The van der Waals surface area contributed by atoms with E-state index in [4.69, 9.17) is 0 Å². The number of nitrogens with zero attached hydrogens (tertiary/aromatic N) is 1. The average molecular weight is 310 g/mol. The molecule has 23 heavy (non-hydrogen) atoms. The highest BCUT2D eigenvalue weighted by atomic mass is 19.1. The van der Waals surface area contributed by atoms with E-state index in [0.29, 0.717) is 6.54 Å². The van der Waals surface area contributed by atoms with Gasteiger partial charge in [-0.3, -0.25) is 4.79 Å². The smallest absolute Gasteiger partial charge is 0.231 e. The molecule has 0 fully saturated rings. The molecule has 0 aliphatic heterocycles. The number of hydrogen-bond donors (Lipinski definition) is 1. The molecule has 0 saturated heterocycles. The van der Waals surface area contributed by atoms with Crippen molar-refractivity contribution in [2.75, 3.05) is 11.4 Å². The number of carbonyl (C=O) groups is 1. The lowest BCUT2D eigenvalue weighted by Crippen LogP contribution is -2.31. The molecular formula is C19H19FN2O. The van der Waals surface area contributed by atoms with Crippen molar-refractivity contribution >= 4 is 22.5 Å². The largest absolute Gasteiger partial charge is 0.361 e. The summed E-state index contributed by atoms with van der Waals surface area (Å²) in [5, 5.41) is 0.763. The van der Waals surface area contributed by atoms with Crippen molar-refractivity contribution in [2.24, 2.45) is 0 Å². The van der Waals surface area contributed by atoms with E-state index < -0.39 is 0 Å². The number of carbonyl (C=O) groups excluding carboxylic acids is 1. The fraction of sp³-hybridized carbons (Fsp3) is 0.211. The Kier molecular flexibility index (Phi) is 4.15. The van der Waals surface area contributed by atoms with Crippen LogP contribution in [0.4, 0.5) is 10.1 Å². The van der Waals surface area contributed by atoms with E-state index in [1.807, 2.05) is 38.1 Å². The minimum Gasteiger partial charge on any atom is -0.361 e. The molecule has 3 aromatic rings. The van der Waals surface area contributed by atoms with Crippen molar-refractivity contribution in [3.8, 4) is 0 Å². The summed E-state index contributed by atoms with van der Waals surface area (Å²) in [5.41, 5.74) is 3.66. The normalized spacial score (nSPS) is 10.9. The lowest BCUT2D eigenvalue weighted by atomic mass is 10.1. The zero-order valence-electron chi connectivity index (χ0n) is 13.3. The standard InChI is InChI=1S/C19H19FN2O/c1-3-22(16-6-4-5-13(2)9-16)19(23)10-14-12-21-18-8-7-15(20)11-17(14)18/h4-9,11-12,21H,3,10H2,1-2H3. The molecular weight excluding hydrogens is 291 g/mol. The van der Waals surface area contributed by atoms with Crippen molar-refractivity contribution in [2.45, 2.75) is 20.3 Å². The molecule has 1 aromatic heterocycles. The zero-order valence-corrected chi connectivity index (χ0v) is 13.3. The van der Waals surface area contributed by atoms with Gasteiger partial charge in [-0.2, -0.15) is 0 Å². The van der Waals surface area contributed by atoms with Crippen LogP contribution in [0.1, 0.15) is 18.1 Å². The molecule has 3 nitrogen and oxygen atoms in total. The first-order valence-corrected chi connectivity index (χ1v) is 7.71. The molecule has 0 saturated carbocycles. The van der Waals surface area contributed by atoms with Crippen LogP contribution >= 0.6 is 0 Å². The van der Waals surface area contributed by atoms with Gasteiger partial charge in [0, 0.05) is 29.3 Å². The van der Waals surface area contributed by atoms with E-state index in [-0.39, 0.29) is 18.1 Å². The number of aromatic nitrogens is 1. The maximum absolute atomic E-state index is 13.5. The third kappa shape index (κ3) is 3.11. The van der Waals surface area contributed by atoms with Gasteiger partial charge in [-0.25, -0.2) is 4.39 Å². The number of amides is 1. The van der Waals surface area contributed by atoms with Crippen LogP contribution in [0.25, 0.3) is 10.9 Å². The lowest BCUT2D eigenvalue weighted by Gasteiger charge is -2.21. The summed E-state index contributed by atoms with van der Waals surface area (Å²) in [6, 6.07) is 12.5. The highest BCUT2D eigenvalue weighted by Gasteiger charge is 2.16. The van der Waals surface area contributed by atoms with Crippen LogP contribution in [0.5, 0.6) is 0 Å². The minimum absolute atomic E-state index is 0.00302. The Balaban J connectivity index is 1.88. The monoisotopic (exact) mass is 310 g/mol. The molecule has 3 rings (SSSR count). The molecule has 0 aliphatic carbocycles. The predicted octanol–water partition coefficient (Wildman–Crippen LogP) is 4.21. The first-order chi connectivity index (χ1) is 11.1. The number of aromatic amines is 1. The second-order valence-electron chi connectivity index (χ2n) is 5.66. The number of rotatable bonds is 4. The number of nitrogens with one attached hydrogen (secondary N) is 1. The minimum atomic E-state index is -0.295.